The summed E-state index contributed by atoms with van der Waals surface area (Å²) in [5.41, 5.74) is 3.32. The van der Waals surface area contributed by atoms with Crippen molar-refractivity contribution in [1.29, 1.82) is 0 Å². The average Bonchev–Trinajstić information content (AvgIpc) is 3.36. The summed E-state index contributed by atoms with van der Waals surface area (Å²) in [6.07, 6.45) is 4.86. The number of fused-ring (bicyclic) bond motifs is 2. The summed E-state index contributed by atoms with van der Waals surface area (Å²) in [5, 5.41) is 6.36. The van der Waals surface area contributed by atoms with Crippen LogP contribution in [-0.2, 0) is 0 Å². The number of carbonyl (C=O) groups excluding carboxylic acids is 1. The van der Waals surface area contributed by atoms with Crippen LogP contribution in [0, 0.1) is 6.92 Å². The van der Waals surface area contributed by atoms with Crippen molar-refractivity contribution in [1.82, 2.24) is 24.6 Å². The van der Waals surface area contributed by atoms with E-state index >= 15 is 0 Å². The Morgan fingerprint density at radius 2 is 2.03 bits per heavy atom. The van der Waals surface area contributed by atoms with Gasteiger partial charge < -0.3 is 4.90 Å². The van der Waals surface area contributed by atoms with E-state index in [4.69, 9.17) is 4.98 Å². The molecule has 1 aliphatic heterocycles. The van der Waals surface area contributed by atoms with Crippen LogP contribution in [0.4, 0.5) is 0 Å². The Bertz CT molecular complexity index is 1210. The molecule has 6 nitrogen and oxygen atoms in total. The van der Waals surface area contributed by atoms with Crippen molar-refractivity contribution in [2.45, 2.75) is 52.1 Å². The zero-order valence-electron chi connectivity index (χ0n) is 17.5. The van der Waals surface area contributed by atoms with Crippen molar-refractivity contribution in [3.63, 3.8) is 0 Å². The number of hydrogen-bond acceptors (Lipinski definition) is 5. The summed E-state index contributed by atoms with van der Waals surface area (Å²) in [6, 6.07) is 10.3. The van der Waals surface area contributed by atoms with E-state index in [-0.39, 0.29) is 18.0 Å². The van der Waals surface area contributed by atoms with E-state index in [2.05, 4.69) is 30.0 Å². The van der Waals surface area contributed by atoms with Gasteiger partial charge in [-0.15, -0.1) is 11.3 Å². The summed E-state index contributed by atoms with van der Waals surface area (Å²) in [4.78, 5) is 25.3. The van der Waals surface area contributed by atoms with Crippen molar-refractivity contribution >= 4 is 38.5 Å². The molecular formula is C23H25N5OS. The van der Waals surface area contributed by atoms with Gasteiger partial charge in [0.2, 0.25) is 0 Å². The van der Waals surface area contributed by atoms with Crippen molar-refractivity contribution < 1.29 is 4.79 Å². The molecule has 1 atom stereocenters. The maximum atomic E-state index is 13.8. The molecule has 0 aliphatic carbocycles. The second-order valence-electron chi connectivity index (χ2n) is 8.26. The van der Waals surface area contributed by atoms with Crippen LogP contribution in [0.15, 0.2) is 36.5 Å². The zero-order valence-corrected chi connectivity index (χ0v) is 18.3. The van der Waals surface area contributed by atoms with Crippen LogP contribution in [0.25, 0.3) is 21.3 Å². The first-order valence-corrected chi connectivity index (χ1v) is 11.4. The molecule has 1 amide bonds. The second-order valence-corrected chi connectivity index (χ2v) is 9.32. The van der Waals surface area contributed by atoms with E-state index in [9.17, 15) is 4.79 Å². The fraction of sp³-hybridized carbons (Fsp3) is 0.391. The SMILES string of the molecule is Cc1cc(C(=O)N2CCCCC2c2nc3ccccc3s2)c2cnn(C(C)C)c2n1. The average molecular weight is 420 g/mol. The maximum Gasteiger partial charge on any atom is 0.255 e. The molecule has 0 N–H and O–H groups in total. The number of para-hydroxylation sites is 1. The van der Waals surface area contributed by atoms with Crippen LogP contribution in [0.1, 0.15) is 66.3 Å². The molecule has 3 aromatic heterocycles. The molecule has 4 aromatic rings. The Hall–Kier alpha value is -2.80. The molecule has 154 valence electrons. The highest BCUT2D eigenvalue weighted by molar-refractivity contribution is 7.18. The highest BCUT2D eigenvalue weighted by Gasteiger charge is 2.32. The van der Waals surface area contributed by atoms with E-state index in [1.807, 2.05) is 40.8 Å². The molecule has 1 aromatic carbocycles. The Morgan fingerprint density at radius 3 is 2.83 bits per heavy atom. The lowest BCUT2D eigenvalue weighted by atomic mass is 10.0. The largest absolute Gasteiger partial charge is 0.329 e. The molecule has 4 heterocycles. The number of likely N-dealkylation sites (tertiary alicyclic amines) is 1. The number of carbonyl (C=O) groups is 1. The fourth-order valence-corrected chi connectivity index (χ4v) is 5.43. The monoisotopic (exact) mass is 419 g/mol. The van der Waals surface area contributed by atoms with Crippen LogP contribution < -0.4 is 0 Å². The number of amides is 1. The minimum atomic E-state index is 0.0207. The van der Waals surface area contributed by atoms with Gasteiger partial charge in [-0.3, -0.25) is 4.79 Å². The smallest absolute Gasteiger partial charge is 0.255 e. The molecular weight excluding hydrogens is 394 g/mol. The molecule has 0 spiro atoms. The summed E-state index contributed by atoms with van der Waals surface area (Å²) in [5.74, 6) is 0.0535. The van der Waals surface area contributed by atoms with E-state index in [1.54, 1.807) is 17.5 Å². The molecule has 0 saturated carbocycles. The van der Waals surface area contributed by atoms with Crippen molar-refractivity contribution in [3.05, 3.63) is 52.8 Å². The molecule has 0 bridgehead atoms. The second kappa shape index (κ2) is 7.47. The van der Waals surface area contributed by atoms with Gasteiger partial charge in [-0.05, 0) is 58.2 Å². The van der Waals surface area contributed by atoms with Crippen molar-refractivity contribution in [2.24, 2.45) is 0 Å². The molecule has 1 fully saturated rings. The first-order valence-electron chi connectivity index (χ1n) is 10.5. The number of aromatic nitrogens is 4. The Balaban J connectivity index is 1.57. The Morgan fingerprint density at radius 1 is 1.20 bits per heavy atom. The van der Waals surface area contributed by atoms with Gasteiger partial charge in [0, 0.05) is 18.3 Å². The summed E-state index contributed by atoms with van der Waals surface area (Å²) in [7, 11) is 0. The summed E-state index contributed by atoms with van der Waals surface area (Å²) < 4.78 is 3.06. The van der Waals surface area contributed by atoms with Gasteiger partial charge in [0.25, 0.3) is 5.91 Å². The topological polar surface area (TPSA) is 63.9 Å². The van der Waals surface area contributed by atoms with Crippen LogP contribution in [0.2, 0.25) is 0 Å². The standard InChI is InChI=1S/C23H25N5OS/c1-14(2)28-21-17(13-24-28)16(12-15(3)25-21)23(29)27-11-7-6-9-19(27)22-26-18-8-4-5-10-20(18)30-22/h4-5,8,10,12-14,19H,6-7,9,11H2,1-3H3. The highest BCUT2D eigenvalue weighted by Crippen LogP contribution is 2.37. The first kappa shape index (κ1) is 19.2. The number of pyridine rings is 1. The van der Waals surface area contributed by atoms with Gasteiger partial charge in [-0.1, -0.05) is 12.1 Å². The van der Waals surface area contributed by atoms with E-state index in [0.29, 0.717) is 5.56 Å². The van der Waals surface area contributed by atoms with Crippen molar-refractivity contribution in [2.75, 3.05) is 6.54 Å². The van der Waals surface area contributed by atoms with Gasteiger partial charge in [0.05, 0.1) is 33.4 Å². The van der Waals surface area contributed by atoms with Crippen molar-refractivity contribution in [3.8, 4) is 0 Å². The third kappa shape index (κ3) is 3.17. The predicted molar refractivity (Wildman–Crippen MR) is 120 cm³/mol. The van der Waals surface area contributed by atoms with Gasteiger partial charge in [0.15, 0.2) is 5.65 Å². The molecule has 1 unspecified atom stereocenters. The number of thiazole rings is 1. The molecule has 1 aliphatic rings. The fourth-order valence-electron chi connectivity index (χ4n) is 4.32. The van der Waals surface area contributed by atoms with Gasteiger partial charge in [-0.2, -0.15) is 5.10 Å². The number of hydrogen-bond donors (Lipinski definition) is 0. The third-order valence-corrected chi connectivity index (χ3v) is 6.91. The molecule has 7 heteroatoms. The number of rotatable bonds is 3. The zero-order chi connectivity index (χ0) is 20.8. The molecule has 30 heavy (non-hydrogen) atoms. The van der Waals surface area contributed by atoms with Gasteiger partial charge >= 0.3 is 0 Å². The first-order chi connectivity index (χ1) is 14.5. The minimum absolute atomic E-state index is 0.0207. The third-order valence-electron chi connectivity index (χ3n) is 5.77. The van der Waals surface area contributed by atoms with E-state index in [1.165, 1.54) is 4.70 Å². The van der Waals surface area contributed by atoms with Crippen LogP contribution in [0.5, 0.6) is 0 Å². The number of piperidine rings is 1. The van der Waals surface area contributed by atoms with Crippen LogP contribution in [0.3, 0.4) is 0 Å². The maximum absolute atomic E-state index is 13.8. The predicted octanol–water partition coefficient (Wildman–Crippen LogP) is 5.30. The van der Waals surface area contributed by atoms with Crippen LogP contribution in [-0.4, -0.2) is 37.1 Å². The Kier molecular flexibility index (Phi) is 4.77. The quantitative estimate of drug-likeness (QED) is 0.452. The number of nitrogens with zero attached hydrogens (tertiary/aromatic N) is 5. The lowest BCUT2D eigenvalue weighted by Crippen LogP contribution is -2.38. The number of benzene rings is 1. The molecule has 0 radical (unpaired) electrons. The summed E-state index contributed by atoms with van der Waals surface area (Å²) >= 11 is 1.70. The minimum Gasteiger partial charge on any atom is -0.329 e. The lowest BCUT2D eigenvalue weighted by molar-refractivity contribution is 0.0613. The highest BCUT2D eigenvalue weighted by atomic mass is 32.1. The summed E-state index contributed by atoms with van der Waals surface area (Å²) in [6.45, 7) is 6.84. The van der Waals surface area contributed by atoms with Gasteiger partial charge in [-0.25, -0.2) is 14.6 Å². The van der Waals surface area contributed by atoms with E-state index < -0.39 is 0 Å². The normalized spacial score (nSPS) is 17.3. The Labute approximate surface area is 179 Å². The number of aryl methyl sites for hydroxylation is 1. The van der Waals surface area contributed by atoms with Gasteiger partial charge in [0.1, 0.15) is 5.01 Å². The lowest BCUT2D eigenvalue weighted by Gasteiger charge is -2.34. The van der Waals surface area contributed by atoms with E-state index in [0.717, 1.165) is 53.1 Å². The molecule has 1 saturated heterocycles. The van der Waals surface area contributed by atoms with Crippen LogP contribution >= 0.6 is 11.3 Å². The molecule has 5 rings (SSSR count).